The first-order chi connectivity index (χ1) is 11.8. The van der Waals surface area contributed by atoms with Crippen LogP contribution in [0.4, 0.5) is 5.95 Å². The van der Waals surface area contributed by atoms with Gasteiger partial charge in [0.25, 0.3) is 0 Å². The molecule has 3 heterocycles. The summed E-state index contributed by atoms with van der Waals surface area (Å²) in [5, 5.41) is 3.51. The minimum atomic E-state index is 0.206. The lowest BCUT2D eigenvalue weighted by molar-refractivity contribution is 0.174. The molecule has 6 heteroatoms. The Kier molecular flexibility index (Phi) is 4.21. The first kappa shape index (κ1) is 15.2. The number of rotatable bonds is 5. The molecule has 0 radical (unpaired) electrons. The Balaban J connectivity index is 1.35. The Morgan fingerprint density at radius 3 is 2.67 bits per heavy atom. The van der Waals surface area contributed by atoms with Gasteiger partial charge >= 0.3 is 0 Å². The molecule has 2 aromatic rings. The second-order valence-corrected chi connectivity index (χ2v) is 6.30. The van der Waals surface area contributed by atoms with Crippen molar-refractivity contribution in [1.29, 1.82) is 0 Å². The molecule has 2 aliphatic heterocycles. The maximum Gasteiger partial charge on any atom is 0.231 e. The summed E-state index contributed by atoms with van der Waals surface area (Å²) in [6.07, 6.45) is 6.31. The summed E-state index contributed by atoms with van der Waals surface area (Å²) in [6.45, 7) is 5.31. The molecule has 1 fully saturated rings. The molecule has 1 atom stereocenters. The van der Waals surface area contributed by atoms with Gasteiger partial charge in [0.2, 0.25) is 12.7 Å². The molecule has 2 aliphatic rings. The van der Waals surface area contributed by atoms with Crippen molar-refractivity contribution in [2.45, 2.75) is 32.4 Å². The molecule has 0 bridgehead atoms. The highest BCUT2D eigenvalue weighted by atomic mass is 16.7. The van der Waals surface area contributed by atoms with Crippen LogP contribution in [0.2, 0.25) is 0 Å². The number of fused-ring (bicyclic) bond motifs is 1. The van der Waals surface area contributed by atoms with E-state index in [1.165, 1.54) is 18.4 Å². The third-order valence-corrected chi connectivity index (χ3v) is 4.59. The molecule has 24 heavy (non-hydrogen) atoms. The molecule has 0 saturated carbocycles. The summed E-state index contributed by atoms with van der Waals surface area (Å²) in [6, 6.07) is 6.27. The third kappa shape index (κ3) is 3.14. The minimum Gasteiger partial charge on any atom is -0.454 e. The van der Waals surface area contributed by atoms with E-state index in [2.05, 4.69) is 33.2 Å². The molecular formula is C18H22N4O2. The van der Waals surface area contributed by atoms with Crippen LogP contribution in [-0.4, -0.2) is 29.9 Å². The summed E-state index contributed by atoms with van der Waals surface area (Å²) < 4.78 is 10.8. The number of ether oxygens (including phenoxy) is 2. The maximum atomic E-state index is 5.44. The van der Waals surface area contributed by atoms with Gasteiger partial charge in [-0.3, -0.25) is 0 Å². The van der Waals surface area contributed by atoms with Gasteiger partial charge in [0.1, 0.15) is 0 Å². The van der Waals surface area contributed by atoms with Crippen molar-refractivity contribution < 1.29 is 9.47 Å². The number of nitrogens with zero attached hydrogens (tertiary/aromatic N) is 3. The third-order valence-electron chi connectivity index (χ3n) is 4.59. The van der Waals surface area contributed by atoms with Crippen molar-refractivity contribution in [3.8, 4) is 11.5 Å². The summed E-state index contributed by atoms with van der Waals surface area (Å²) >= 11 is 0. The Morgan fingerprint density at radius 1 is 1.12 bits per heavy atom. The average Bonchev–Trinajstić information content (AvgIpc) is 3.30. The van der Waals surface area contributed by atoms with Gasteiger partial charge in [-0.1, -0.05) is 6.07 Å². The molecule has 0 amide bonds. The van der Waals surface area contributed by atoms with Crippen molar-refractivity contribution in [2.75, 3.05) is 24.8 Å². The van der Waals surface area contributed by atoms with Crippen LogP contribution in [0.25, 0.3) is 0 Å². The number of anilines is 1. The molecule has 0 spiro atoms. The van der Waals surface area contributed by atoms with Gasteiger partial charge in [-0.2, -0.15) is 0 Å². The Morgan fingerprint density at radius 2 is 1.88 bits per heavy atom. The van der Waals surface area contributed by atoms with Gasteiger partial charge in [0.15, 0.2) is 11.5 Å². The van der Waals surface area contributed by atoms with Crippen molar-refractivity contribution >= 4 is 5.95 Å². The molecule has 1 aromatic heterocycles. The average molecular weight is 326 g/mol. The summed E-state index contributed by atoms with van der Waals surface area (Å²) in [5.74, 6) is 2.48. The minimum absolute atomic E-state index is 0.206. The zero-order chi connectivity index (χ0) is 16.4. The van der Waals surface area contributed by atoms with E-state index < -0.39 is 0 Å². The predicted octanol–water partition coefficient (Wildman–Crippen LogP) is 2.66. The van der Waals surface area contributed by atoms with Crippen LogP contribution in [-0.2, 0) is 6.54 Å². The van der Waals surface area contributed by atoms with Gasteiger partial charge < -0.3 is 19.7 Å². The molecule has 0 unspecified atom stereocenters. The molecule has 0 aliphatic carbocycles. The molecule has 6 nitrogen and oxygen atoms in total. The van der Waals surface area contributed by atoms with Gasteiger partial charge in [-0.05, 0) is 37.5 Å². The highest BCUT2D eigenvalue weighted by Crippen LogP contribution is 2.34. The number of benzene rings is 1. The van der Waals surface area contributed by atoms with E-state index in [-0.39, 0.29) is 6.04 Å². The zero-order valence-corrected chi connectivity index (χ0v) is 13.9. The summed E-state index contributed by atoms with van der Waals surface area (Å²) in [4.78, 5) is 11.2. The molecule has 126 valence electrons. The quantitative estimate of drug-likeness (QED) is 0.911. The first-order valence-electron chi connectivity index (χ1n) is 8.48. The summed E-state index contributed by atoms with van der Waals surface area (Å²) in [7, 11) is 0. The zero-order valence-electron chi connectivity index (χ0n) is 13.9. The molecule has 1 saturated heterocycles. The predicted molar refractivity (Wildman–Crippen MR) is 91.3 cm³/mol. The SMILES string of the molecule is C[C@H](NCc1cnc(N2CCCC2)nc1)c1ccc2c(c1)OCO2. The van der Waals surface area contributed by atoms with Crippen molar-refractivity contribution in [1.82, 2.24) is 15.3 Å². The monoisotopic (exact) mass is 326 g/mol. The fourth-order valence-electron chi connectivity index (χ4n) is 3.09. The lowest BCUT2D eigenvalue weighted by atomic mass is 10.1. The summed E-state index contributed by atoms with van der Waals surface area (Å²) in [5.41, 5.74) is 2.26. The van der Waals surface area contributed by atoms with Crippen LogP contribution >= 0.6 is 0 Å². The number of hydrogen-bond donors (Lipinski definition) is 1. The second kappa shape index (κ2) is 6.65. The Bertz CT molecular complexity index is 699. The Labute approximate surface area is 141 Å². The topological polar surface area (TPSA) is 59.5 Å². The fourth-order valence-corrected chi connectivity index (χ4v) is 3.09. The van der Waals surface area contributed by atoms with Crippen LogP contribution < -0.4 is 19.7 Å². The smallest absolute Gasteiger partial charge is 0.231 e. The van der Waals surface area contributed by atoms with Crippen LogP contribution in [0, 0.1) is 0 Å². The van der Waals surface area contributed by atoms with Crippen molar-refractivity contribution in [3.05, 3.63) is 41.7 Å². The molecule has 4 rings (SSSR count). The molecule has 1 N–H and O–H groups in total. The van der Waals surface area contributed by atoms with E-state index in [1.807, 2.05) is 24.5 Å². The lowest BCUT2D eigenvalue weighted by Gasteiger charge is -2.16. The van der Waals surface area contributed by atoms with Crippen molar-refractivity contribution in [3.63, 3.8) is 0 Å². The van der Waals surface area contributed by atoms with Crippen LogP contribution in [0.5, 0.6) is 11.5 Å². The molecular weight excluding hydrogens is 304 g/mol. The van der Waals surface area contributed by atoms with E-state index in [0.717, 1.165) is 42.6 Å². The maximum absolute atomic E-state index is 5.44. The Hall–Kier alpha value is -2.34. The van der Waals surface area contributed by atoms with Gasteiger partial charge in [-0.15, -0.1) is 0 Å². The van der Waals surface area contributed by atoms with Gasteiger partial charge in [0, 0.05) is 43.6 Å². The van der Waals surface area contributed by atoms with Gasteiger partial charge in [0.05, 0.1) is 0 Å². The fraction of sp³-hybridized carbons (Fsp3) is 0.444. The number of nitrogens with one attached hydrogen (secondary N) is 1. The largest absolute Gasteiger partial charge is 0.454 e. The normalized spacial score (nSPS) is 17.3. The van der Waals surface area contributed by atoms with E-state index in [9.17, 15) is 0 Å². The van der Waals surface area contributed by atoms with E-state index in [0.29, 0.717) is 6.79 Å². The van der Waals surface area contributed by atoms with Gasteiger partial charge in [-0.25, -0.2) is 9.97 Å². The lowest BCUT2D eigenvalue weighted by Crippen LogP contribution is -2.21. The van der Waals surface area contributed by atoms with Crippen LogP contribution in [0.3, 0.4) is 0 Å². The molecule has 1 aromatic carbocycles. The van der Waals surface area contributed by atoms with Crippen molar-refractivity contribution in [2.24, 2.45) is 0 Å². The highest BCUT2D eigenvalue weighted by molar-refractivity contribution is 5.45. The number of hydrogen-bond acceptors (Lipinski definition) is 6. The van der Waals surface area contributed by atoms with E-state index in [1.54, 1.807) is 0 Å². The highest BCUT2D eigenvalue weighted by Gasteiger charge is 2.16. The first-order valence-corrected chi connectivity index (χ1v) is 8.48. The van der Waals surface area contributed by atoms with Crippen LogP contribution in [0.15, 0.2) is 30.6 Å². The second-order valence-electron chi connectivity index (χ2n) is 6.30. The number of aromatic nitrogens is 2. The van der Waals surface area contributed by atoms with E-state index in [4.69, 9.17) is 9.47 Å². The van der Waals surface area contributed by atoms with Crippen LogP contribution in [0.1, 0.15) is 36.9 Å². The standard InChI is InChI=1S/C18H22N4O2/c1-13(15-4-5-16-17(8-15)24-12-23-16)19-9-14-10-20-18(21-11-14)22-6-2-3-7-22/h4-5,8,10-11,13,19H,2-3,6-7,9,12H2,1H3/t13-/m0/s1. The van der Waals surface area contributed by atoms with E-state index >= 15 is 0 Å².